The molecule has 0 nitrogen and oxygen atoms in total. The van der Waals surface area contributed by atoms with Gasteiger partial charge in [0.25, 0.3) is 0 Å². The Hall–Kier alpha value is -9.36. The minimum absolute atomic E-state index is 0.493. The van der Waals surface area contributed by atoms with Crippen molar-refractivity contribution in [2.75, 3.05) is 0 Å². The van der Waals surface area contributed by atoms with Gasteiger partial charge < -0.3 is 0 Å². The van der Waals surface area contributed by atoms with Gasteiger partial charge in [-0.15, -0.1) is 0 Å². The molecule has 0 heteroatoms. The molecule has 0 N–H and O–H groups in total. The number of fused-ring (bicyclic) bond motifs is 16. The Kier molecular flexibility index (Phi) is 7.12. The van der Waals surface area contributed by atoms with Crippen molar-refractivity contribution >= 4 is 108 Å². The van der Waals surface area contributed by atoms with Gasteiger partial charge in [0.05, 0.1) is 5.41 Å². The lowest BCUT2D eigenvalue weighted by molar-refractivity contribution is 0.795. The molecule has 0 radical (unpaired) electrons. The van der Waals surface area contributed by atoms with Gasteiger partial charge in [0.2, 0.25) is 0 Å². The van der Waals surface area contributed by atoms with Gasteiger partial charge in [0, 0.05) is 0 Å². The summed E-state index contributed by atoms with van der Waals surface area (Å²) in [6.07, 6.45) is 0. The van der Waals surface area contributed by atoms with Crippen LogP contribution in [0.5, 0.6) is 0 Å². The van der Waals surface area contributed by atoms with Crippen molar-refractivity contribution in [1.29, 1.82) is 0 Å². The summed E-state index contributed by atoms with van der Waals surface area (Å²) < 4.78 is 0. The summed E-state index contributed by atoms with van der Waals surface area (Å²) in [5, 5.41) is 26.0. The summed E-state index contributed by atoms with van der Waals surface area (Å²) >= 11 is 0. The molecular formula is C73H40. The summed E-state index contributed by atoms with van der Waals surface area (Å²) in [5.41, 5.74) is 15.3. The minimum Gasteiger partial charge on any atom is -0.0619 e. The molecule has 1 spiro atoms. The molecule has 0 saturated heterocycles. The highest BCUT2D eigenvalue weighted by molar-refractivity contribution is 6.38. The quantitative estimate of drug-likeness (QED) is 0.120. The normalized spacial score (nSPS) is 13.6. The molecule has 73 heavy (non-hydrogen) atoms. The second kappa shape index (κ2) is 13.5. The van der Waals surface area contributed by atoms with Crippen LogP contribution < -0.4 is 0 Å². The van der Waals surface area contributed by atoms with Gasteiger partial charge in [-0.2, -0.15) is 0 Å². The highest BCUT2D eigenvalue weighted by Gasteiger charge is 2.51. The standard InChI is InChI=1S/C73H40/c1-2-23-51-50(22-1)71(58-37-35-56-48-26-11-17-41-15-9-24-46(67(41)48)52-28-13-30-54(58)69(52)56)61-39-60-45-21-5-8-34-65(45)73(63-32-6-3-19-43(63)44-20-4-7-33-64(44)73)66(60)40-62(61)72(51)59-38-36-57-49-27-12-18-42-16-10-25-47(68(42)49)53-29-14-31-55(59)70(53)57/h1-40H. The zero-order valence-corrected chi connectivity index (χ0v) is 39.6. The number of hydrogen-bond acceptors (Lipinski definition) is 0. The largest absolute Gasteiger partial charge is 0.0725 e. The molecule has 0 fully saturated rings. The fourth-order valence-electron chi connectivity index (χ4n) is 15.1. The summed E-state index contributed by atoms with van der Waals surface area (Å²) in [6.45, 7) is 0. The average molecular weight is 917 g/mol. The first-order valence-electron chi connectivity index (χ1n) is 25.7. The molecule has 2 aliphatic rings. The zero-order chi connectivity index (χ0) is 47.3. The Morgan fingerprint density at radius 3 is 0.959 bits per heavy atom. The van der Waals surface area contributed by atoms with E-state index >= 15 is 0 Å². The lowest BCUT2D eigenvalue weighted by atomic mass is 9.70. The van der Waals surface area contributed by atoms with E-state index in [9.17, 15) is 0 Å². The highest BCUT2D eigenvalue weighted by atomic mass is 14.5. The molecule has 0 heterocycles. The predicted octanol–water partition coefficient (Wildman–Crippen LogP) is 19.8. The van der Waals surface area contributed by atoms with Gasteiger partial charge >= 0.3 is 0 Å². The van der Waals surface area contributed by atoms with Crippen LogP contribution in [0.3, 0.4) is 0 Å². The second-order valence-corrected chi connectivity index (χ2v) is 20.8. The molecule has 0 aromatic heterocycles. The predicted molar refractivity (Wildman–Crippen MR) is 311 cm³/mol. The maximum atomic E-state index is 2.66. The first kappa shape index (κ1) is 38.4. The molecular weight excluding hydrogens is 877 g/mol. The summed E-state index contributed by atoms with van der Waals surface area (Å²) in [4.78, 5) is 0. The minimum atomic E-state index is -0.493. The van der Waals surface area contributed by atoms with Gasteiger partial charge in [0.1, 0.15) is 0 Å². The third-order valence-electron chi connectivity index (χ3n) is 17.7. The Morgan fingerprint density at radius 1 is 0.178 bits per heavy atom. The van der Waals surface area contributed by atoms with Crippen LogP contribution in [0.25, 0.3) is 152 Å². The van der Waals surface area contributed by atoms with Crippen molar-refractivity contribution in [1.82, 2.24) is 0 Å². The number of hydrogen-bond donors (Lipinski definition) is 0. The molecule has 0 amide bonds. The van der Waals surface area contributed by atoms with E-state index in [4.69, 9.17) is 0 Å². The maximum absolute atomic E-state index is 2.66. The van der Waals surface area contributed by atoms with E-state index in [0.717, 1.165) is 0 Å². The van der Waals surface area contributed by atoms with Crippen LogP contribution in [0.4, 0.5) is 0 Å². The average Bonchev–Trinajstić information content (AvgIpc) is 3.92. The molecule has 332 valence electrons. The molecule has 0 atom stereocenters. The van der Waals surface area contributed by atoms with Crippen LogP contribution in [0, 0.1) is 0 Å². The molecule has 16 aromatic carbocycles. The highest BCUT2D eigenvalue weighted by Crippen LogP contribution is 2.64. The maximum Gasteiger partial charge on any atom is 0.0725 e. The molecule has 0 unspecified atom stereocenters. The van der Waals surface area contributed by atoms with E-state index in [1.807, 2.05) is 0 Å². The smallest absolute Gasteiger partial charge is 0.0619 e. The second-order valence-electron chi connectivity index (χ2n) is 20.8. The van der Waals surface area contributed by atoms with Gasteiger partial charge in [-0.05, 0) is 187 Å². The summed E-state index contributed by atoms with van der Waals surface area (Å²) in [7, 11) is 0. The molecule has 0 bridgehead atoms. The van der Waals surface area contributed by atoms with Crippen molar-refractivity contribution < 1.29 is 0 Å². The first-order chi connectivity index (χ1) is 36.3. The van der Waals surface area contributed by atoms with Crippen LogP contribution in [-0.2, 0) is 5.41 Å². The van der Waals surface area contributed by atoms with Crippen molar-refractivity contribution in [2.45, 2.75) is 5.41 Å². The van der Waals surface area contributed by atoms with E-state index in [1.165, 1.54) is 174 Å². The SMILES string of the molecule is c1ccc2c(c1)-c1ccccc1C21c2ccccc2-c2cc3c(-c4ccc5c6cccc7cccc(c8cccc4c85)c76)c4ccccc4c(-c4ccc5c6cccc7cccc(c8cccc4c85)c76)c3cc21. The van der Waals surface area contributed by atoms with Crippen molar-refractivity contribution in [2.24, 2.45) is 0 Å². The van der Waals surface area contributed by atoms with Gasteiger partial charge in [-0.25, -0.2) is 0 Å². The zero-order valence-electron chi connectivity index (χ0n) is 39.6. The van der Waals surface area contributed by atoms with E-state index < -0.39 is 5.41 Å². The molecule has 18 rings (SSSR count). The number of benzene rings is 16. The van der Waals surface area contributed by atoms with Crippen LogP contribution >= 0.6 is 0 Å². The third-order valence-corrected chi connectivity index (χ3v) is 17.7. The monoisotopic (exact) mass is 916 g/mol. The first-order valence-corrected chi connectivity index (χ1v) is 25.7. The van der Waals surface area contributed by atoms with E-state index in [0.29, 0.717) is 0 Å². The Bertz CT molecular complexity index is 5000. The molecule has 2 aliphatic carbocycles. The lowest BCUT2D eigenvalue weighted by Gasteiger charge is -2.31. The lowest BCUT2D eigenvalue weighted by Crippen LogP contribution is -2.25. The van der Waals surface area contributed by atoms with Crippen molar-refractivity contribution in [3.8, 4) is 44.5 Å². The fourth-order valence-corrected chi connectivity index (χ4v) is 15.1. The number of rotatable bonds is 2. The van der Waals surface area contributed by atoms with Crippen molar-refractivity contribution in [3.05, 3.63) is 265 Å². The Labute approximate surface area is 420 Å². The van der Waals surface area contributed by atoms with Gasteiger partial charge in [0.15, 0.2) is 0 Å². The van der Waals surface area contributed by atoms with Gasteiger partial charge in [-0.3, -0.25) is 0 Å². The van der Waals surface area contributed by atoms with Crippen molar-refractivity contribution in [3.63, 3.8) is 0 Å². The van der Waals surface area contributed by atoms with E-state index in [1.54, 1.807) is 0 Å². The van der Waals surface area contributed by atoms with Gasteiger partial charge in [-0.1, -0.05) is 231 Å². The Morgan fingerprint density at radius 2 is 0.507 bits per heavy atom. The Balaban J connectivity index is 1.04. The van der Waals surface area contributed by atoms with E-state index in [-0.39, 0.29) is 0 Å². The molecule has 0 saturated carbocycles. The summed E-state index contributed by atoms with van der Waals surface area (Å²) in [5.74, 6) is 0. The topological polar surface area (TPSA) is 0 Å². The molecule has 16 aromatic rings. The van der Waals surface area contributed by atoms with Crippen LogP contribution in [-0.4, -0.2) is 0 Å². The van der Waals surface area contributed by atoms with Crippen LogP contribution in [0.2, 0.25) is 0 Å². The van der Waals surface area contributed by atoms with Crippen LogP contribution in [0.1, 0.15) is 22.3 Å². The fraction of sp³-hybridized carbons (Fsp3) is 0.0137. The van der Waals surface area contributed by atoms with Crippen LogP contribution in [0.15, 0.2) is 243 Å². The molecule has 0 aliphatic heterocycles. The van der Waals surface area contributed by atoms with E-state index in [2.05, 4.69) is 243 Å². The summed E-state index contributed by atoms with van der Waals surface area (Å²) in [6, 6.07) is 93.3. The third kappa shape index (κ3) is 4.56.